The Bertz CT molecular complexity index is 357. The maximum Gasteiger partial charge on any atom is 0.230 e. The van der Waals surface area contributed by atoms with Crippen LogP contribution in [0.5, 0.6) is 0 Å². The molecule has 2 N–H and O–H groups in total. The summed E-state index contributed by atoms with van der Waals surface area (Å²) in [6, 6.07) is 0.486. The zero-order valence-corrected chi connectivity index (χ0v) is 13.3. The van der Waals surface area contributed by atoms with E-state index in [1.807, 2.05) is 32.6 Å². The lowest BCUT2D eigenvalue weighted by molar-refractivity contribution is -0.142. The number of hydrogen-bond acceptors (Lipinski definition) is 4. The Morgan fingerprint density at radius 1 is 1.15 bits per heavy atom. The van der Waals surface area contributed by atoms with Gasteiger partial charge in [0.1, 0.15) is 0 Å². The van der Waals surface area contributed by atoms with Crippen molar-refractivity contribution in [3.8, 4) is 0 Å². The van der Waals surface area contributed by atoms with Gasteiger partial charge in [0.05, 0.1) is 18.6 Å². The molecule has 1 atom stereocenters. The molecule has 5 nitrogen and oxygen atoms in total. The van der Waals surface area contributed by atoms with Crippen LogP contribution in [-0.2, 0) is 9.53 Å². The third-order valence-corrected chi connectivity index (χ3v) is 5.16. The molecule has 0 aromatic carbocycles. The monoisotopic (exact) mass is 283 g/mol. The van der Waals surface area contributed by atoms with Crippen molar-refractivity contribution in [3.05, 3.63) is 0 Å². The molecule has 1 amide bonds. The molecule has 0 aliphatic carbocycles. The molecule has 1 unspecified atom stereocenters. The summed E-state index contributed by atoms with van der Waals surface area (Å²) >= 11 is 0. The number of likely N-dealkylation sites (tertiary alicyclic amines) is 1. The Labute approximate surface area is 122 Å². The normalized spacial score (nSPS) is 26.1. The van der Waals surface area contributed by atoms with Gasteiger partial charge in [-0.2, -0.15) is 0 Å². The third-order valence-electron chi connectivity index (χ3n) is 5.16. The predicted octanol–water partition coefficient (Wildman–Crippen LogP) is 0.683. The summed E-state index contributed by atoms with van der Waals surface area (Å²) in [6.07, 6.45) is 1.06. The van der Waals surface area contributed by atoms with Crippen LogP contribution >= 0.6 is 0 Å². The first-order valence-electron chi connectivity index (χ1n) is 7.63. The first-order chi connectivity index (χ1) is 9.23. The zero-order chi connectivity index (χ0) is 15.0. The first-order valence-corrected chi connectivity index (χ1v) is 7.63. The average molecular weight is 283 g/mol. The van der Waals surface area contributed by atoms with Crippen molar-refractivity contribution in [1.29, 1.82) is 0 Å². The molecule has 0 saturated carbocycles. The van der Waals surface area contributed by atoms with E-state index in [-0.39, 0.29) is 5.91 Å². The van der Waals surface area contributed by atoms with Crippen LogP contribution in [0.2, 0.25) is 0 Å². The minimum Gasteiger partial charge on any atom is -0.379 e. The van der Waals surface area contributed by atoms with Gasteiger partial charge < -0.3 is 15.4 Å². The number of hydrogen-bond donors (Lipinski definition) is 1. The molecule has 2 heterocycles. The molecule has 5 heteroatoms. The maximum absolute atomic E-state index is 12.7. The van der Waals surface area contributed by atoms with E-state index >= 15 is 0 Å². The van der Waals surface area contributed by atoms with Crippen LogP contribution in [0.4, 0.5) is 0 Å². The SMILES string of the molecule is CC(C)(N)C(C)(C)C(=O)N1CCC(N2CCOCC2)C1. The van der Waals surface area contributed by atoms with Gasteiger partial charge in [-0.15, -0.1) is 0 Å². The summed E-state index contributed by atoms with van der Waals surface area (Å²) in [4.78, 5) is 17.2. The summed E-state index contributed by atoms with van der Waals surface area (Å²) in [6.45, 7) is 13.0. The molecular weight excluding hydrogens is 254 g/mol. The van der Waals surface area contributed by atoms with E-state index in [1.165, 1.54) is 0 Å². The Morgan fingerprint density at radius 3 is 2.30 bits per heavy atom. The molecule has 116 valence electrons. The summed E-state index contributed by atoms with van der Waals surface area (Å²) < 4.78 is 5.39. The van der Waals surface area contributed by atoms with Gasteiger partial charge in [-0.05, 0) is 34.1 Å². The highest BCUT2D eigenvalue weighted by Crippen LogP contribution is 2.32. The van der Waals surface area contributed by atoms with Gasteiger partial charge in [0.15, 0.2) is 0 Å². The van der Waals surface area contributed by atoms with Gasteiger partial charge in [-0.1, -0.05) is 0 Å². The minimum atomic E-state index is -0.535. The number of amides is 1. The van der Waals surface area contributed by atoms with Crippen LogP contribution in [-0.4, -0.2) is 66.7 Å². The number of morpholine rings is 1. The fourth-order valence-electron chi connectivity index (χ4n) is 2.84. The first kappa shape index (κ1) is 15.7. The van der Waals surface area contributed by atoms with Gasteiger partial charge in [0, 0.05) is 37.8 Å². The van der Waals surface area contributed by atoms with Crippen molar-refractivity contribution >= 4 is 5.91 Å². The van der Waals surface area contributed by atoms with Crippen molar-refractivity contribution in [2.24, 2.45) is 11.1 Å². The Morgan fingerprint density at radius 2 is 1.75 bits per heavy atom. The molecule has 0 bridgehead atoms. The number of carbonyl (C=O) groups excluding carboxylic acids is 1. The van der Waals surface area contributed by atoms with Gasteiger partial charge in [0.25, 0.3) is 0 Å². The lowest BCUT2D eigenvalue weighted by Gasteiger charge is -2.40. The third kappa shape index (κ3) is 3.00. The highest BCUT2D eigenvalue weighted by molar-refractivity contribution is 5.83. The molecule has 2 saturated heterocycles. The van der Waals surface area contributed by atoms with E-state index in [0.717, 1.165) is 45.8 Å². The molecule has 0 aromatic rings. The average Bonchev–Trinajstić information content (AvgIpc) is 2.87. The summed E-state index contributed by atoms with van der Waals surface area (Å²) in [5.74, 6) is 0.181. The van der Waals surface area contributed by atoms with E-state index in [2.05, 4.69) is 4.90 Å². The quantitative estimate of drug-likeness (QED) is 0.827. The van der Waals surface area contributed by atoms with Crippen molar-refractivity contribution in [2.45, 2.75) is 45.7 Å². The topological polar surface area (TPSA) is 58.8 Å². The van der Waals surface area contributed by atoms with Crippen LogP contribution in [0.1, 0.15) is 34.1 Å². The van der Waals surface area contributed by atoms with Crippen LogP contribution in [0.15, 0.2) is 0 Å². The second kappa shape index (κ2) is 5.62. The molecule has 2 rings (SSSR count). The molecule has 0 radical (unpaired) electrons. The number of rotatable bonds is 3. The number of nitrogens with two attached hydrogens (primary N) is 1. The van der Waals surface area contributed by atoms with Crippen molar-refractivity contribution in [1.82, 2.24) is 9.80 Å². The summed E-state index contributed by atoms with van der Waals surface area (Å²) in [5.41, 5.74) is 5.14. The highest BCUT2D eigenvalue weighted by Gasteiger charge is 2.44. The van der Waals surface area contributed by atoms with Gasteiger partial charge in [-0.3, -0.25) is 9.69 Å². The van der Waals surface area contributed by atoms with Gasteiger partial charge in [0.2, 0.25) is 5.91 Å². The fourth-order valence-corrected chi connectivity index (χ4v) is 2.84. The van der Waals surface area contributed by atoms with Crippen molar-refractivity contribution < 1.29 is 9.53 Å². The van der Waals surface area contributed by atoms with Gasteiger partial charge >= 0.3 is 0 Å². The van der Waals surface area contributed by atoms with E-state index < -0.39 is 11.0 Å². The summed E-state index contributed by atoms with van der Waals surface area (Å²) in [5, 5.41) is 0. The van der Waals surface area contributed by atoms with Crippen molar-refractivity contribution in [3.63, 3.8) is 0 Å². The number of nitrogens with zero attached hydrogens (tertiary/aromatic N) is 2. The zero-order valence-electron chi connectivity index (χ0n) is 13.3. The van der Waals surface area contributed by atoms with E-state index in [0.29, 0.717) is 6.04 Å². The summed E-state index contributed by atoms with van der Waals surface area (Å²) in [7, 11) is 0. The standard InChI is InChI=1S/C15H29N3O2/c1-14(2,15(3,4)16)13(19)18-6-5-12(11-18)17-7-9-20-10-8-17/h12H,5-11,16H2,1-4H3. The number of carbonyl (C=O) groups is 1. The van der Waals surface area contributed by atoms with Crippen LogP contribution in [0.3, 0.4) is 0 Å². The Balaban J connectivity index is 1.97. The number of ether oxygens (including phenoxy) is 1. The molecule has 0 aromatic heterocycles. The molecule has 2 fully saturated rings. The molecule has 2 aliphatic rings. The molecule has 2 aliphatic heterocycles. The second-order valence-electron chi connectivity index (χ2n) is 7.19. The smallest absolute Gasteiger partial charge is 0.230 e. The van der Waals surface area contributed by atoms with Crippen LogP contribution < -0.4 is 5.73 Å². The van der Waals surface area contributed by atoms with Gasteiger partial charge in [-0.25, -0.2) is 0 Å². The van der Waals surface area contributed by atoms with Crippen LogP contribution in [0.25, 0.3) is 0 Å². The second-order valence-corrected chi connectivity index (χ2v) is 7.19. The van der Waals surface area contributed by atoms with Crippen molar-refractivity contribution in [2.75, 3.05) is 39.4 Å². The van der Waals surface area contributed by atoms with E-state index in [9.17, 15) is 4.79 Å². The molecular formula is C15H29N3O2. The maximum atomic E-state index is 12.7. The lowest BCUT2D eigenvalue weighted by Crippen LogP contribution is -2.56. The van der Waals surface area contributed by atoms with E-state index in [1.54, 1.807) is 0 Å². The Hall–Kier alpha value is -0.650. The van der Waals surface area contributed by atoms with E-state index in [4.69, 9.17) is 10.5 Å². The van der Waals surface area contributed by atoms with Crippen LogP contribution in [0, 0.1) is 5.41 Å². The fraction of sp³-hybridized carbons (Fsp3) is 0.933. The lowest BCUT2D eigenvalue weighted by atomic mass is 9.74. The predicted molar refractivity (Wildman–Crippen MR) is 79.4 cm³/mol. The molecule has 0 spiro atoms. The minimum absolute atomic E-state index is 0.181. The Kier molecular flexibility index (Phi) is 4.42. The molecule has 20 heavy (non-hydrogen) atoms. The largest absolute Gasteiger partial charge is 0.379 e. The highest BCUT2D eigenvalue weighted by atomic mass is 16.5.